The second-order valence-electron chi connectivity index (χ2n) is 7.57. The zero-order valence-electron chi connectivity index (χ0n) is 13.4. The molecule has 0 spiro atoms. The van der Waals surface area contributed by atoms with Crippen molar-refractivity contribution >= 4 is 0 Å². The molecule has 112 valence electrons. The van der Waals surface area contributed by atoms with E-state index in [2.05, 4.69) is 31.0 Å². The quantitative estimate of drug-likeness (QED) is 0.817. The van der Waals surface area contributed by atoms with Crippen LogP contribution in [-0.4, -0.2) is 37.1 Å². The number of hydrogen-bond acceptors (Lipinski definition) is 2. The molecule has 0 radical (unpaired) electrons. The summed E-state index contributed by atoms with van der Waals surface area (Å²) in [5, 5.41) is 3.80. The first-order chi connectivity index (χ1) is 9.11. The Morgan fingerprint density at radius 3 is 2.47 bits per heavy atom. The lowest BCUT2D eigenvalue weighted by Crippen LogP contribution is -2.47. The lowest BCUT2D eigenvalue weighted by Gasteiger charge is -2.41. The minimum Gasteiger partial charge on any atom is -0.314 e. The number of nitrogens with one attached hydrogen (secondary N) is 1. The van der Waals surface area contributed by atoms with Crippen molar-refractivity contribution in [3.8, 4) is 0 Å². The average Bonchev–Trinajstić information content (AvgIpc) is 2.40. The Labute approximate surface area is 120 Å². The van der Waals surface area contributed by atoms with Gasteiger partial charge in [0.2, 0.25) is 0 Å². The van der Waals surface area contributed by atoms with E-state index in [9.17, 15) is 0 Å². The van der Waals surface area contributed by atoms with Gasteiger partial charge in [0.15, 0.2) is 0 Å². The Morgan fingerprint density at radius 2 is 1.79 bits per heavy atom. The van der Waals surface area contributed by atoms with E-state index in [0.29, 0.717) is 5.41 Å². The Kier molecular flexibility index (Phi) is 5.70. The van der Waals surface area contributed by atoms with E-state index >= 15 is 0 Å². The molecule has 2 fully saturated rings. The Bertz CT molecular complexity index is 252. The maximum Gasteiger partial charge on any atom is 0.0107 e. The molecule has 1 heterocycles. The Morgan fingerprint density at radius 1 is 1.11 bits per heavy atom. The van der Waals surface area contributed by atoms with Gasteiger partial charge in [-0.05, 0) is 63.1 Å². The SMILES string of the molecule is CCCNC1CCCCC1CN1CCC(C)(C)CC1. The topological polar surface area (TPSA) is 15.3 Å². The molecule has 2 nitrogen and oxygen atoms in total. The molecule has 0 amide bonds. The second kappa shape index (κ2) is 7.08. The molecule has 0 aromatic heterocycles. The molecule has 1 N–H and O–H groups in total. The third-order valence-electron chi connectivity index (χ3n) is 5.27. The third kappa shape index (κ3) is 4.75. The number of piperidine rings is 1. The van der Waals surface area contributed by atoms with Crippen LogP contribution >= 0.6 is 0 Å². The van der Waals surface area contributed by atoms with Crippen LogP contribution in [0.2, 0.25) is 0 Å². The van der Waals surface area contributed by atoms with Crippen molar-refractivity contribution in [3.63, 3.8) is 0 Å². The maximum absolute atomic E-state index is 3.80. The molecule has 2 rings (SSSR count). The zero-order chi connectivity index (χ0) is 13.7. The van der Waals surface area contributed by atoms with Gasteiger partial charge in [-0.3, -0.25) is 0 Å². The highest BCUT2D eigenvalue weighted by Crippen LogP contribution is 2.32. The van der Waals surface area contributed by atoms with E-state index in [1.165, 1.54) is 71.1 Å². The van der Waals surface area contributed by atoms with Crippen LogP contribution in [0.1, 0.15) is 65.7 Å². The van der Waals surface area contributed by atoms with Gasteiger partial charge in [0.05, 0.1) is 0 Å². The smallest absolute Gasteiger partial charge is 0.0107 e. The summed E-state index contributed by atoms with van der Waals surface area (Å²) in [5.41, 5.74) is 0.586. The van der Waals surface area contributed by atoms with Crippen molar-refractivity contribution in [2.45, 2.75) is 71.8 Å². The number of hydrogen-bond donors (Lipinski definition) is 1. The molecular formula is C17H34N2. The van der Waals surface area contributed by atoms with Gasteiger partial charge < -0.3 is 10.2 Å². The predicted molar refractivity (Wildman–Crippen MR) is 83.5 cm³/mol. The van der Waals surface area contributed by atoms with E-state index in [0.717, 1.165) is 12.0 Å². The van der Waals surface area contributed by atoms with E-state index < -0.39 is 0 Å². The average molecular weight is 266 g/mol. The van der Waals surface area contributed by atoms with Crippen LogP contribution in [0.15, 0.2) is 0 Å². The fourth-order valence-corrected chi connectivity index (χ4v) is 3.70. The first kappa shape index (κ1) is 15.3. The highest BCUT2D eigenvalue weighted by Gasteiger charge is 2.30. The molecule has 0 aromatic carbocycles. The molecule has 2 atom stereocenters. The van der Waals surface area contributed by atoms with Gasteiger partial charge in [0.25, 0.3) is 0 Å². The molecule has 19 heavy (non-hydrogen) atoms. The van der Waals surface area contributed by atoms with Crippen molar-refractivity contribution < 1.29 is 0 Å². The molecule has 1 aliphatic heterocycles. The van der Waals surface area contributed by atoms with Crippen molar-refractivity contribution in [3.05, 3.63) is 0 Å². The monoisotopic (exact) mass is 266 g/mol. The molecule has 1 saturated heterocycles. The van der Waals surface area contributed by atoms with Crippen molar-refractivity contribution in [2.24, 2.45) is 11.3 Å². The molecule has 2 heteroatoms. The predicted octanol–water partition coefficient (Wildman–Crippen LogP) is 3.67. The van der Waals surface area contributed by atoms with Crippen molar-refractivity contribution in [1.29, 1.82) is 0 Å². The highest BCUT2D eigenvalue weighted by atomic mass is 15.1. The minimum absolute atomic E-state index is 0.586. The number of likely N-dealkylation sites (tertiary alicyclic amines) is 1. The third-order valence-corrected chi connectivity index (χ3v) is 5.27. The number of rotatable bonds is 5. The first-order valence-corrected chi connectivity index (χ1v) is 8.56. The molecule has 2 aliphatic rings. The molecule has 1 aliphatic carbocycles. The summed E-state index contributed by atoms with van der Waals surface area (Å²) in [6.45, 7) is 12.3. The summed E-state index contributed by atoms with van der Waals surface area (Å²) in [4.78, 5) is 2.74. The molecule has 1 saturated carbocycles. The van der Waals surface area contributed by atoms with Crippen LogP contribution in [0, 0.1) is 11.3 Å². The first-order valence-electron chi connectivity index (χ1n) is 8.56. The lowest BCUT2D eigenvalue weighted by atomic mass is 9.80. The van der Waals surface area contributed by atoms with E-state index in [1.54, 1.807) is 0 Å². The van der Waals surface area contributed by atoms with Crippen molar-refractivity contribution in [1.82, 2.24) is 10.2 Å². The van der Waals surface area contributed by atoms with Crippen LogP contribution in [0.3, 0.4) is 0 Å². The summed E-state index contributed by atoms with van der Waals surface area (Å²) in [6.07, 6.45) is 9.77. The van der Waals surface area contributed by atoms with Gasteiger partial charge in [-0.1, -0.05) is 33.6 Å². The summed E-state index contributed by atoms with van der Waals surface area (Å²) in [6, 6.07) is 0.795. The van der Waals surface area contributed by atoms with E-state index in [1.807, 2.05) is 0 Å². The molecule has 2 unspecified atom stereocenters. The summed E-state index contributed by atoms with van der Waals surface area (Å²) in [7, 11) is 0. The maximum atomic E-state index is 3.80. The van der Waals surface area contributed by atoms with Crippen LogP contribution in [0.4, 0.5) is 0 Å². The van der Waals surface area contributed by atoms with Crippen LogP contribution in [-0.2, 0) is 0 Å². The normalized spacial score (nSPS) is 32.4. The molecule has 0 aromatic rings. The fraction of sp³-hybridized carbons (Fsp3) is 1.00. The standard InChI is InChI=1S/C17H34N2/c1-4-11-18-16-8-6-5-7-15(16)14-19-12-9-17(2,3)10-13-19/h15-16,18H,4-14H2,1-3H3. The minimum atomic E-state index is 0.586. The highest BCUT2D eigenvalue weighted by molar-refractivity contribution is 4.86. The van der Waals surface area contributed by atoms with Gasteiger partial charge in [0, 0.05) is 12.6 Å². The second-order valence-corrected chi connectivity index (χ2v) is 7.57. The van der Waals surface area contributed by atoms with Gasteiger partial charge in [0.1, 0.15) is 0 Å². The van der Waals surface area contributed by atoms with Gasteiger partial charge in [-0.15, -0.1) is 0 Å². The van der Waals surface area contributed by atoms with Crippen LogP contribution in [0.25, 0.3) is 0 Å². The Hall–Kier alpha value is -0.0800. The van der Waals surface area contributed by atoms with Gasteiger partial charge >= 0.3 is 0 Å². The van der Waals surface area contributed by atoms with Crippen molar-refractivity contribution in [2.75, 3.05) is 26.2 Å². The van der Waals surface area contributed by atoms with Crippen LogP contribution < -0.4 is 5.32 Å². The summed E-state index contributed by atoms with van der Waals surface area (Å²) >= 11 is 0. The van der Waals surface area contributed by atoms with Crippen LogP contribution in [0.5, 0.6) is 0 Å². The largest absolute Gasteiger partial charge is 0.314 e. The lowest BCUT2D eigenvalue weighted by molar-refractivity contribution is 0.0975. The zero-order valence-corrected chi connectivity index (χ0v) is 13.4. The summed E-state index contributed by atoms with van der Waals surface area (Å²) in [5.74, 6) is 0.904. The van der Waals surface area contributed by atoms with E-state index in [4.69, 9.17) is 0 Å². The molecule has 0 bridgehead atoms. The van der Waals surface area contributed by atoms with Gasteiger partial charge in [-0.2, -0.15) is 0 Å². The molecular weight excluding hydrogens is 232 g/mol. The number of nitrogens with zero attached hydrogens (tertiary/aromatic N) is 1. The fourth-order valence-electron chi connectivity index (χ4n) is 3.70. The Balaban J connectivity index is 1.79. The summed E-state index contributed by atoms with van der Waals surface area (Å²) < 4.78 is 0. The van der Waals surface area contributed by atoms with E-state index in [-0.39, 0.29) is 0 Å². The van der Waals surface area contributed by atoms with Gasteiger partial charge in [-0.25, -0.2) is 0 Å².